The van der Waals surface area contributed by atoms with Crippen LogP contribution < -0.4 is 9.47 Å². The number of fused-ring (bicyclic) bond motifs is 2. The molecule has 9 heteroatoms. The van der Waals surface area contributed by atoms with E-state index in [0.717, 1.165) is 33.4 Å². The summed E-state index contributed by atoms with van der Waals surface area (Å²) < 4.78 is 63.0. The summed E-state index contributed by atoms with van der Waals surface area (Å²) in [5, 5.41) is 0. The molecule has 0 aromatic heterocycles. The van der Waals surface area contributed by atoms with Gasteiger partial charge < -0.3 is 18.9 Å². The van der Waals surface area contributed by atoms with Crippen molar-refractivity contribution in [2.75, 3.05) is 33.2 Å². The summed E-state index contributed by atoms with van der Waals surface area (Å²) in [5.74, 6) is 0.563. The van der Waals surface area contributed by atoms with Crippen molar-refractivity contribution in [1.29, 1.82) is 0 Å². The number of esters is 1. The molecule has 0 N–H and O–H groups in total. The molecule has 0 spiro atoms. The van der Waals surface area contributed by atoms with E-state index in [1.807, 2.05) is 26.0 Å². The lowest BCUT2D eigenvalue weighted by molar-refractivity contribution is -0.141. The molecule has 0 radical (unpaired) electrons. The van der Waals surface area contributed by atoms with Gasteiger partial charge in [0.25, 0.3) is 0 Å². The molecule has 0 saturated carbocycles. The molecule has 1 unspecified atom stereocenters. The standard InChI is InChI=1S/C32H35FO7S/c1-19-14-23(41(35,36)13-5-12-37-3)15-20(2)31(19)25-8-10-27(33)32-26(25)9-11-28(32)40-22-6-7-24-21(16-30(34)38-4)18-39-29(24)17-22/h6-8,10,14-15,17,21,28H,5,9,11-13,16,18H2,1-4H3/t21-,28?/m1/s1. The van der Waals surface area contributed by atoms with E-state index in [2.05, 4.69) is 0 Å². The van der Waals surface area contributed by atoms with E-state index < -0.39 is 15.9 Å². The van der Waals surface area contributed by atoms with Crippen molar-refractivity contribution in [2.24, 2.45) is 0 Å². The number of hydrogen-bond donors (Lipinski definition) is 0. The van der Waals surface area contributed by atoms with Crippen molar-refractivity contribution < 1.29 is 36.6 Å². The summed E-state index contributed by atoms with van der Waals surface area (Å²) in [5.41, 5.74) is 5.80. The van der Waals surface area contributed by atoms with Crippen LogP contribution in [0.15, 0.2) is 47.4 Å². The van der Waals surface area contributed by atoms with Crippen LogP contribution in [0.4, 0.5) is 4.39 Å². The number of rotatable bonds is 10. The number of carbonyl (C=O) groups is 1. The van der Waals surface area contributed by atoms with Crippen molar-refractivity contribution in [1.82, 2.24) is 0 Å². The second-order valence-electron chi connectivity index (χ2n) is 10.7. The van der Waals surface area contributed by atoms with Gasteiger partial charge in [-0.25, -0.2) is 12.8 Å². The van der Waals surface area contributed by atoms with E-state index in [0.29, 0.717) is 54.4 Å². The second-order valence-corrected chi connectivity index (χ2v) is 12.8. The van der Waals surface area contributed by atoms with Crippen LogP contribution in [-0.2, 0) is 30.5 Å². The molecule has 0 bridgehead atoms. The third-order valence-electron chi connectivity index (χ3n) is 7.96. The zero-order chi connectivity index (χ0) is 29.3. The van der Waals surface area contributed by atoms with Crippen LogP contribution in [0.2, 0.25) is 0 Å². The average Bonchev–Trinajstić information content (AvgIpc) is 3.54. The topological polar surface area (TPSA) is 88.1 Å². The zero-order valence-electron chi connectivity index (χ0n) is 23.8. The molecule has 3 aromatic rings. The fraction of sp³-hybridized carbons (Fsp3) is 0.406. The fourth-order valence-electron chi connectivity index (χ4n) is 6.01. The van der Waals surface area contributed by atoms with E-state index in [-0.39, 0.29) is 29.9 Å². The van der Waals surface area contributed by atoms with Gasteiger partial charge in [-0.1, -0.05) is 12.1 Å². The van der Waals surface area contributed by atoms with Gasteiger partial charge in [-0.15, -0.1) is 0 Å². The Morgan fingerprint density at radius 3 is 2.54 bits per heavy atom. The summed E-state index contributed by atoms with van der Waals surface area (Å²) in [6.07, 6.45) is 1.43. The van der Waals surface area contributed by atoms with Gasteiger partial charge in [-0.2, -0.15) is 0 Å². The predicted octanol–water partition coefficient (Wildman–Crippen LogP) is 6.03. The molecule has 1 aliphatic heterocycles. The van der Waals surface area contributed by atoms with Crippen LogP contribution in [0.3, 0.4) is 0 Å². The van der Waals surface area contributed by atoms with Crippen molar-refractivity contribution in [2.45, 2.75) is 56.4 Å². The molecule has 0 amide bonds. The SMILES string of the molecule is COCCCS(=O)(=O)c1cc(C)c(-c2ccc(F)c3c2CCC3Oc2ccc3c(c2)OC[C@H]3CC(=O)OC)c(C)c1. The first-order valence-electron chi connectivity index (χ1n) is 13.8. The molecule has 5 rings (SSSR count). The lowest BCUT2D eigenvalue weighted by Gasteiger charge is -2.19. The van der Waals surface area contributed by atoms with Gasteiger partial charge in [-0.05, 0) is 85.2 Å². The molecule has 7 nitrogen and oxygen atoms in total. The molecule has 3 aromatic carbocycles. The van der Waals surface area contributed by atoms with Gasteiger partial charge in [0.05, 0.1) is 30.8 Å². The van der Waals surface area contributed by atoms with Crippen molar-refractivity contribution >= 4 is 15.8 Å². The number of aryl methyl sites for hydroxylation is 2. The highest BCUT2D eigenvalue weighted by atomic mass is 32.2. The molecule has 0 saturated heterocycles. The zero-order valence-corrected chi connectivity index (χ0v) is 24.6. The molecule has 0 fully saturated rings. The van der Waals surface area contributed by atoms with Crippen molar-refractivity contribution in [3.63, 3.8) is 0 Å². The second kappa shape index (κ2) is 11.8. The van der Waals surface area contributed by atoms with E-state index in [9.17, 15) is 13.2 Å². The molecular formula is C32H35FO7S. The maximum atomic E-state index is 15.3. The van der Waals surface area contributed by atoms with Crippen LogP contribution in [-0.4, -0.2) is 47.6 Å². The van der Waals surface area contributed by atoms with Crippen molar-refractivity contribution in [3.05, 3.63) is 76.1 Å². The third kappa shape index (κ3) is 5.83. The van der Waals surface area contributed by atoms with Crippen molar-refractivity contribution in [3.8, 4) is 22.6 Å². The number of methoxy groups -OCH3 is 2. The number of carbonyl (C=O) groups excluding carboxylic acids is 1. The van der Waals surface area contributed by atoms with Gasteiger partial charge in [0, 0.05) is 36.8 Å². The minimum absolute atomic E-state index is 0.0176. The lowest BCUT2D eigenvalue weighted by atomic mass is 9.90. The summed E-state index contributed by atoms with van der Waals surface area (Å²) in [6, 6.07) is 12.2. The minimum Gasteiger partial charge on any atom is -0.492 e. The molecule has 2 atom stereocenters. The fourth-order valence-corrected chi connectivity index (χ4v) is 7.46. The Bertz CT molecular complexity index is 1560. The molecule has 1 aliphatic carbocycles. The van der Waals surface area contributed by atoms with Gasteiger partial charge >= 0.3 is 5.97 Å². The van der Waals surface area contributed by atoms with Crippen LogP contribution in [0, 0.1) is 19.7 Å². The molecule has 41 heavy (non-hydrogen) atoms. The van der Waals surface area contributed by atoms with E-state index in [4.69, 9.17) is 18.9 Å². The maximum absolute atomic E-state index is 15.3. The first-order chi connectivity index (χ1) is 19.6. The van der Waals surface area contributed by atoms with Gasteiger partial charge in [0.1, 0.15) is 23.4 Å². The third-order valence-corrected chi connectivity index (χ3v) is 9.74. The number of ether oxygens (including phenoxy) is 4. The van der Waals surface area contributed by atoms with Gasteiger partial charge in [0.15, 0.2) is 9.84 Å². The smallest absolute Gasteiger partial charge is 0.306 e. The molecule has 218 valence electrons. The molecule has 2 aliphatic rings. The molecular weight excluding hydrogens is 547 g/mol. The van der Waals surface area contributed by atoms with Gasteiger partial charge in [-0.3, -0.25) is 4.79 Å². The number of halogens is 1. The van der Waals surface area contributed by atoms with E-state index in [1.54, 1.807) is 31.4 Å². The number of hydrogen-bond acceptors (Lipinski definition) is 7. The number of benzene rings is 3. The Labute approximate surface area is 240 Å². The highest BCUT2D eigenvalue weighted by Crippen LogP contribution is 2.45. The summed E-state index contributed by atoms with van der Waals surface area (Å²) in [4.78, 5) is 12.0. The summed E-state index contributed by atoms with van der Waals surface area (Å²) in [6.45, 7) is 4.57. The van der Waals surface area contributed by atoms with Crippen LogP contribution in [0.25, 0.3) is 11.1 Å². The van der Waals surface area contributed by atoms with Crippen LogP contribution in [0.5, 0.6) is 11.5 Å². The summed E-state index contributed by atoms with van der Waals surface area (Å²) >= 11 is 0. The van der Waals surface area contributed by atoms with Gasteiger partial charge in [0.2, 0.25) is 0 Å². The maximum Gasteiger partial charge on any atom is 0.306 e. The Morgan fingerprint density at radius 2 is 1.83 bits per heavy atom. The quantitative estimate of drug-likeness (QED) is 0.213. The van der Waals surface area contributed by atoms with E-state index in [1.165, 1.54) is 13.2 Å². The number of sulfone groups is 1. The van der Waals surface area contributed by atoms with Crippen LogP contribution in [0.1, 0.15) is 59.1 Å². The first kappa shape index (κ1) is 29.1. The molecule has 1 heterocycles. The highest BCUT2D eigenvalue weighted by Gasteiger charge is 2.32. The van der Waals surface area contributed by atoms with Crippen LogP contribution >= 0.6 is 0 Å². The first-order valence-corrected chi connectivity index (χ1v) is 15.4. The van der Waals surface area contributed by atoms with E-state index >= 15 is 4.39 Å². The minimum atomic E-state index is -3.45. The Kier molecular flexibility index (Phi) is 8.38. The largest absolute Gasteiger partial charge is 0.492 e. The highest BCUT2D eigenvalue weighted by molar-refractivity contribution is 7.91. The average molecular weight is 583 g/mol. The summed E-state index contributed by atoms with van der Waals surface area (Å²) in [7, 11) is -0.526. The predicted molar refractivity (Wildman–Crippen MR) is 153 cm³/mol. The lowest BCUT2D eigenvalue weighted by Crippen LogP contribution is -2.10. The normalized spacial score (nSPS) is 17.6. The Morgan fingerprint density at radius 1 is 1.07 bits per heavy atom. The Balaban J connectivity index is 1.41. The Hall–Kier alpha value is -3.43. The monoisotopic (exact) mass is 582 g/mol.